The Morgan fingerprint density at radius 2 is 1.95 bits per heavy atom. The van der Waals surface area contributed by atoms with Gasteiger partial charge in [-0.15, -0.1) is 5.10 Å². The highest BCUT2D eigenvalue weighted by Crippen LogP contribution is 2.32. The molecule has 3 N–H and O–H groups in total. The number of rotatable bonds is 3. The first-order valence-corrected chi connectivity index (χ1v) is 6.45. The van der Waals surface area contributed by atoms with Crippen LogP contribution >= 0.6 is 0 Å². The van der Waals surface area contributed by atoms with E-state index in [1.807, 2.05) is 31.2 Å². The van der Waals surface area contributed by atoms with Gasteiger partial charge >= 0.3 is 5.76 Å². The van der Waals surface area contributed by atoms with Crippen LogP contribution in [0.5, 0.6) is 0 Å². The molecule has 0 saturated heterocycles. The Hall–Kier alpha value is -2.40. The van der Waals surface area contributed by atoms with Crippen LogP contribution < -0.4 is 11.5 Å². The number of benzene rings is 2. The first-order chi connectivity index (χ1) is 9.66. The highest BCUT2D eigenvalue weighted by molar-refractivity contribution is 5.86. The number of nitrogens with one attached hydrogen (secondary N) is 1. The fraction of sp³-hybridized carbons (Fsp3) is 0.200. The van der Waals surface area contributed by atoms with E-state index in [4.69, 9.17) is 10.2 Å². The first-order valence-electron chi connectivity index (χ1n) is 6.45. The van der Waals surface area contributed by atoms with Crippen molar-refractivity contribution in [3.63, 3.8) is 0 Å². The number of H-pyrrole nitrogens is 1. The fourth-order valence-corrected chi connectivity index (χ4v) is 2.44. The Balaban J connectivity index is 2.04. The predicted molar refractivity (Wildman–Crippen MR) is 76.4 cm³/mol. The molecule has 0 aliphatic carbocycles. The molecule has 0 spiro atoms. The zero-order valence-electron chi connectivity index (χ0n) is 11.0. The Morgan fingerprint density at radius 1 is 1.20 bits per heavy atom. The molecule has 0 saturated carbocycles. The zero-order chi connectivity index (χ0) is 14.1. The van der Waals surface area contributed by atoms with E-state index in [0.29, 0.717) is 0 Å². The number of hydrogen-bond acceptors (Lipinski definition) is 4. The van der Waals surface area contributed by atoms with Crippen molar-refractivity contribution >= 4 is 10.8 Å². The molecular weight excluding hydrogens is 254 g/mol. The van der Waals surface area contributed by atoms with Crippen LogP contribution in [0, 0.1) is 0 Å². The highest BCUT2D eigenvalue weighted by Gasteiger charge is 2.22. The van der Waals surface area contributed by atoms with E-state index in [1.165, 1.54) is 0 Å². The molecule has 2 aromatic carbocycles. The van der Waals surface area contributed by atoms with Crippen LogP contribution in [0.2, 0.25) is 0 Å². The van der Waals surface area contributed by atoms with Gasteiger partial charge in [-0.3, -0.25) is 0 Å². The maximum absolute atomic E-state index is 11.0. The third-order valence-corrected chi connectivity index (χ3v) is 3.59. The summed E-state index contributed by atoms with van der Waals surface area (Å²) in [5.41, 5.74) is 7.27. The summed E-state index contributed by atoms with van der Waals surface area (Å²) in [5.74, 6) is -0.372. The number of hydrogen-bond donors (Lipinski definition) is 2. The summed E-state index contributed by atoms with van der Waals surface area (Å²) in [6.07, 6.45) is 0. The van der Waals surface area contributed by atoms with Crippen molar-refractivity contribution in [3.8, 4) is 0 Å². The molecule has 0 radical (unpaired) electrons. The van der Waals surface area contributed by atoms with Gasteiger partial charge in [-0.1, -0.05) is 49.4 Å². The van der Waals surface area contributed by atoms with Crippen LogP contribution in [0.15, 0.2) is 51.7 Å². The molecule has 5 nitrogen and oxygen atoms in total. The van der Waals surface area contributed by atoms with Crippen molar-refractivity contribution in [2.75, 3.05) is 0 Å². The molecule has 0 bridgehead atoms. The van der Waals surface area contributed by atoms with Gasteiger partial charge in [-0.2, -0.15) is 0 Å². The molecule has 5 heteroatoms. The summed E-state index contributed by atoms with van der Waals surface area (Å²) < 4.78 is 4.95. The monoisotopic (exact) mass is 269 g/mol. The van der Waals surface area contributed by atoms with Gasteiger partial charge in [0.15, 0.2) is 0 Å². The number of aromatic amines is 1. The van der Waals surface area contributed by atoms with Gasteiger partial charge < -0.3 is 10.2 Å². The molecule has 20 heavy (non-hydrogen) atoms. The molecule has 2 unspecified atom stereocenters. The average molecular weight is 269 g/mol. The summed E-state index contributed by atoms with van der Waals surface area (Å²) in [5, 5.41) is 8.36. The average Bonchev–Trinajstić information content (AvgIpc) is 2.91. The largest absolute Gasteiger partial charge is 0.434 e. The van der Waals surface area contributed by atoms with Crippen LogP contribution in [-0.2, 0) is 0 Å². The minimum atomic E-state index is -0.583. The van der Waals surface area contributed by atoms with Gasteiger partial charge in [0.2, 0.25) is 5.89 Å². The minimum Gasteiger partial charge on any atom is -0.391 e. The summed E-state index contributed by atoms with van der Waals surface area (Å²) >= 11 is 0. The van der Waals surface area contributed by atoms with E-state index in [0.717, 1.165) is 16.3 Å². The molecule has 0 amide bonds. The maximum Gasteiger partial charge on any atom is 0.434 e. The predicted octanol–water partition coefficient (Wildman–Crippen LogP) is 2.32. The molecule has 0 fully saturated rings. The van der Waals surface area contributed by atoms with Gasteiger partial charge in [-0.05, 0) is 16.3 Å². The minimum absolute atomic E-state index is 0.0208. The van der Waals surface area contributed by atoms with E-state index < -0.39 is 11.8 Å². The summed E-state index contributed by atoms with van der Waals surface area (Å²) in [6.45, 7) is 2.00. The quantitative estimate of drug-likeness (QED) is 0.764. The van der Waals surface area contributed by atoms with Gasteiger partial charge in [0.25, 0.3) is 0 Å². The van der Waals surface area contributed by atoms with Crippen LogP contribution in [-0.4, -0.2) is 10.2 Å². The number of nitrogens with two attached hydrogens (primary N) is 1. The lowest BCUT2D eigenvalue weighted by Crippen LogP contribution is -2.18. The van der Waals surface area contributed by atoms with Crippen molar-refractivity contribution < 1.29 is 4.42 Å². The van der Waals surface area contributed by atoms with Gasteiger partial charge in [0.05, 0.1) is 6.04 Å². The SMILES string of the molecule is CC(c1cccc2ccccc12)C(N)c1n[nH]c(=O)o1. The number of nitrogens with zero attached hydrogens (tertiary/aromatic N) is 1. The lowest BCUT2D eigenvalue weighted by Gasteiger charge is -2.18. The van der Waals surface area contributed by atoms with Gasteiger partial charge in [0.1, 0.15) is 0 Å². The number of fused-ring (bicyclic) bond motifs is 1. The lowest BCUT2D eigenvalue weighted by atomic mass is 9.89. The van der Waals surface area contributed by atoms with Crippen molar-refractivity contribution in [2.45, 2.75) is 18.9 Å². The molecule has 3 rings (SSSR count). The smallest absolute Gasteiger partial charge is 0.391 e. The van der Waals surface area contributed by atoms with Crippen molar-refractivity contribution in [1.82, 2.24) is 10.2 Å². The first kappa shape index (κ1) is 12.6. The Bertz CT molecular complexity index is 785. The van der Waals surface area contributed by atoms with E-state index in [2.05, 4.69) is 28.4 Å². The Labute approximate surface area is 115 Å². The van der Waals surface area contributed by atoms with E-state index in [9.17, 15) is 4.79 Å². The van der Waals surface area contributed by atoms with Crippen LogP contribution in [0.25, 0.3) is 10.8 Å². The third kappa shape index (κ3) is 2.12. The van der Waals surface area contributed by atoms with Crippen LogP contribution in [0.3, 0.4) is 0 Å². The van der Waals surface area contributed by atoms with E-state index in [-0.39, 0.29) is 11.8 Å². The molecular formula is C15H15N3O2. The summed E-state index contributed by atoms with van der Waals surface area (Å²) in [7, 11) is 0. The van der Waals surface area contributed by atoms with Gasteiger partial charge in [0, 0.05) is 5.92 Å². The normalized spacial score (nSPS) is 14.3. The second-order valence-corrected chi connectivity index (χ2v) is 4.83. The van der Waals surface area contributed by atoms with Crippen LogP contribution in [0.1, 0.15) is 30.3 Å². The highest BCUT2D eigenvalue weighted by atomic mass is 16.4. The van der Waals surface area contributed by atoms with Crippen LogP contribution in [0.4, 0.5) is 0 Å². The number of aromatic nitrogens is 2. The topological polar surface area (TPSA) is 84.9 Å². The fourth-order valence-electron chi connectivity index (χ4n) is 2.44. The zero-order valence-corrected chi connectivity index (χ0v) is 11.0. The lowest BCUT2D eigenvalue weighted by molar-refractivity contribution is 0.402. The molecule has 1 aromatic heterocycles. The van der Waals surface area contributed by atoms with Gasteiger partial charge in [-0.25, -0.2) is 9.89 Å². The summed E-state index contributed by atoms with van der Waals surface area (Å²) in [4.78, 5) is 11.0. The van der Waals surface area contributed by atoms with Crippen molar-refractivity contribution in [2.24, 2.45) is 5.73 Å². The van der Waals surface area contributed by atoms with E-state index >= 15 is 0 Å². The van der Waals surface area contributed by atoms with Crippen molar-refractivity contribution in [1.29, 1.82) is 0 Å². The van der Waals surface area contributed by atoms with E-state index in [1.54, 1.807) is 0 Å². The molecule has 102 valence electrons. The van der Waals surface area contributed by atoms with Crippen molar-refractivity contribution in [3.05, 3.63) is 64.5 Å². The maximum atomic E-state index is 11.0. The second kappa shape index (κ2) is 4.94. The standard InChI is InChI=1S/C15H15N3O2/c1-9(13(16)14-17-18-15(19)20-14)11-8-4-6-10-5-2-3-7-12(10)11/h2-9,13H,16H2,1H3,(H,18,19). The molecule has 0 aliphatic rings. The molecule has 3 aromatic rings. The Kier molecular flexibility index (Phi) is 3.12. The summed E-state index contributed by atoms with van der Waals surface area (Å²) in [6, 6.07) is 13.8. The molecule has 0 aliphatic heterocycles. The second-order valence-electron chi connectivity index (χ2n) is 4.83. The third-order valence-electron chi connectivity index (χ3n) is 3.59. The Morgan fingerprint density at radius 3 is 2.70 bits per heavy atom. The molecule has 2 atom stereocenters. The molecule has 1 heterocycles.